The van der Waals surface area contributed by atoms with Gasteiger partial charge >= 0.3 is 6.09 Å². The van der Waals surface area contributed by atoms with Crippen molar-refractivity contribution >= 4 is 23.4 Å². The molecule has 10 heteroatoms. The van der Waals surface area contributed by atoms with Gasteiger partial charge in [0.05, 0.1) is 43.1 Å². The van der Waals surface area contributed by atoms with E-state index in [2.05, 4.69) is 26.5 Å². The number of nitrogens with one attached hydrogen (secondary N) is 1. The van der Waals surface area contributed by atoms with Crippen LogP contribution < -0.4 is 10.2 Å². The molecule has 3 aromatic rings. The number of nitrogens with zero attached hydrogens (tertiary/aromatic N) is 6. The van der Waals surface area contributed by atoms with Crippen LogP contribution in [0.15, 0.2) is 48.9 Å². The number of hydrogen-bond donors (Lipinski definition) is 2. The third kappa shape index (κ3) is 5.16. The summed E-state index contributed by atoms with van der Waals surface area (Å²) in [5.41, 5.74) is 2.82. The fourth-order valence-corrected chi connectivity index (χ4v) is 5.21. The van der Waals surface area contributed by atoms with E-state index in [1.165, 1.54) is 17.7 Å². The number of nitriles is 1. The fourth-order valence-electron chi connectivity index (χ4n) is 5.21. The number of aromatic nitrogens is 4. The van der Waals surface area contributed by atoms with Crippen molar-refractivity contribution in [2.45, 2.75) is 50.6 Å². The number of amides is 1. The van der Waals surface area contributed by atoms with E-state index in [9.17, 15) is 15.2 Å². The van der Waals surface area contributed by atoms with Crippen molar-refractivity contribution in [2.24, 2.45) is 5.92 Å². The molecule has 1 aliphatic carbocycles. The predicted octanol–water partition coefficient (Wildman–Crippen LogP) is 5.00. The van der Waals surface area contributed by atoms with E-state index in [0.29, 0.717) is 55.0 Å². The van der Waals surface area contributed by atoms with Gasteiger partial charge < -0.3 is 15.2 Å². The van der Waals surface area contributed by atoms with Crippen LogP contribution in [0.2, 0.25) is 0 Å². The van der Waals surface area contributed by atoms with Gasteiger partial charge in [0.1, 0.15) is 0 Å². The van der Waals surface area contributed by atoms with Crippen LogP contribution in [0.5, 0.6) is 0 Å². The highest BCUT2D eigenvalue weighted by molar-refractivity contribution is 5.87. The standard InChI is InChI=1S/C26H29N7O3/c27-11-8-24(18-4-1-2-5-18)32-16-19(15-29-32)23-9-12-28-25(31-23)30-20-6-3-7-21(14-20)33(26(34)35)22-10-13-36-17-22/h3,6-7,9,12,14-16,18,22,24H,1-2,4-5,8,10,13,17H2,(H,34,35)(H,28,30,31). The summed E-state index contributed by atoms with van der Waals surface area (Å²) in [5.74, 6) is 0.876. The Morgan fingerprint density at radius 1 is 1.31 bits per heavy atom. The number of hydrogen-bond acceptors (Lipinski definition) is 7. The third-order valence-electron chi connectivity index (χ3n) is 6.99. The number of rotatable bonds is 8. The molecular weight excluding hydrogens is 458 g/mol. The van der Waals surface area contributed by atoms with Crippen molar-refractivity contribution in [3.05, 3.63) is 48.9 Å². The average molecular weight is 488 g/mol. The van der Waals surface area contributed by atoms with E-state index in [0.717, 1.165) is 18.4 Å². The van der Waals surface area contributed by atoms with E-state index in [4.69, 9.17) is 4.74 Å². The summed E-state index contributed by atoms with van der Waals surface area (Å²) < 4.78 is 7.30. The summed E-state index contributed by atoms with van der Waals surface area (Å²) in [6, 6.07) is 11.2. The van der Waals surface area contributed by atoms with Gasteiger partial charge in [0.25, 0.3) is 0 Å². The Hall–Kier alpha value is -3.97. The van der Waals surface area contributed by atoms with Crippen LogP contribution in [0.4, 0.5) is 22.1 Å². The third-order valence-corrected chi connectivity index (χ3v) is 6.99. The van der Waals surface area contributed by atoms with Crippen LogP contribution in [0.3, 0.4) is 0 Å². The van der Waals surface area contributed by atoms with Gasteiger partial charge in [-0.25, -0.2) is 14.8 Å². The molecule has 2 unspecified atom stereocenters. The van der Waals surface area contributed by atoms with Gasteiger partial charge in [-0.1, -0.05) is 18.9 Å². The molecule has 36 heavy (non-hydrogen) atoms. The SMILES string of the molecule is N#CCC(C1CCCC1)n1cc(-c2ccnc(Nc3cccc(N(C(=O)O)C4CCOC4)c3)n2)cn1. The van der Waals surface area contributed by atoms with Gasteiger partial charge in [0, 0.05) is 35.9 Å². The molecule has 186 valence electrons. The lowest BCUT2D eigenvalue weighted by Gasteiger charge is -2.25. The molecule has 5 rings (SSSR count). The first kappa shape index (κ1) is 23.8. The molecule has 0 radical (unpaired) electrons. The highest BCUT2D eigenvalue weighted by Gasteiger charge is 2.29. The first-order valence-electron chi connectivity index (χ1n) is 12.3. The Balaban J connectivity index is 1.34. The number of carbonyl (C=O) groups is 1. The first-order valence-corrected chi connectivity index (χ1v) is 12.3. The second kappa shape index (κ2) is 10.7. The zero-order chi connectivity index (χ0) is 24.9. The number of anilines is 3. The molecule has 2 fully saturated rings. The maximum absolute atomic E-state index is 11.9. The molecular formula is C26H29N7O3. The number of benzene rings is 1. The maximum Gasteiger partial charge on any atom is 0.412 e. The van der Waals surface area contributed by atoms with Gasteiger partial charge in [-0.2, -0.15) is 10.4 Å². The van der Waals surface area contributed by atoms with E-state index < -0.39 is 6.09 Å². The number of carboxylic acid groups (broad SMARTS) is 1. The van der Waals surface area contributed by atoms with Crippen molar-refractivity contribution < 1.29 is 14.6 Å². The van der Waals surface area contributed by atoms with Crippen molar-refractivity contribution in [3.8, 4) is 17.3 Å². The first-order chi connectivity index (χ1) is 17.6. The van der Waals surface area contributed by atoms with Crippen LogP contribution in [0.25, 0.3) is 11.3 Å². The number of ether oxygens (including phenoxy) is 1. The van der Waals surface area contributed by atoms with Gasteiger partial charge in [-0.3, -0.25) is 9.58 Å². The minimum absolute atomic E-state index is 0.0795. The topological polar surface area (TPSA) is 129 Å². The van der Waals surface area contributed by atoms with E-state index >= 15 is 0 Å². The Kier molecular flexibility index (Phi) is 7.09. The van der Waals surface area contributed by atoms with E-state index in [-0.39, 0.29) is 12.1 Å². The predicted molar refractivity (Wildman–Crippen MR) is 134 cm³/mol. The Bertz CT molecular complexity index is 1240. The molecule has 3 heterocycles. The fraction of sp³-hybridized carbons (Fsp3) is 0.423. The average Bonchev–Trinajstić information content (AvgIpc) is 3.67. The van der Waals surface area contributed by atoms with Crippen LogP contribution in [-0.4, -0.2) is 50.2 Å². The maximum atomic E-state index is 11.9. The van der Waals surface area contributed by atoms with Crippen molar-refractivity contribution in [1.82, 2.24) is 19.7 Å². The van der Waals surface area contributed by atoms with Crippen LogP contribution >= 0.6 is 0 Å². The molecule has 2 atom stereocenters. The van der Waals surface area contributed by atoms with E-state index in [1.807, 2.05) is 23.0 Å². The largest absolute Gasteiger partial charge is 0.465 e. The summed E-state index contributed by atoms with van der Waals surface area (Å²) in [4.78, 5) is 22.3. The normalized spacial score (nSPS) is 18.6. The minimum atomic E-state index is -1.01. The summed E-state index contributed by atoms with van der Waals surface area (Å²) in [6.45, 7) is 0.945. The molecule has 10 nitrogen and oxygen atoms in total. The second-order valence-electron chi connectivity index (χ2n) is 9.29. The smallest absolute Gasteiger partial charge is 0.412 e. The van der Waals surface area contributed by atoms with Gasteiger partial charge in [-0.05, 0) is 49.4 Å². The zero-order valence-electron chi connectivity index (χ0n) is 20.0. The van der Waals surface area contributed by atoms with Crippen molar-refractivity contribution in [2.75, 3.05) is 23.4 Å². The molecule has 1 saturated carbocycles. The summed E-state index contributed by atoms with van der Waals surface area (Å²) in [7, 11) is 0. The Labute approximate surface area is 209 Å². The highest BCUT2D eigenvalue weighted by Crippen LogP contribution is 2.36. The minimum Gasteiger partial charge on any atom is -0.465 e. The molecule has 1 saturated heterocycles. The zero-order valence-corrected chi connectivity index (χ0v) is 20.0. The molecule has 2 aromatic heterocycles. The van der Waals surface area contributed by atoms with Crippen molar-refractivity contribution in [1.29, 1.82) is 5.26 Å². The highest BCUT2D eigenvalue weighted by atomic mass is 16.5. The lowest BCUT2D eigenvalue weighted by molar-refractivity contribution is 0.183. The van der Waals surface area contributed by atoms with Gasteiger partial charge in [0.15, 0.2) is 0 Å². The summed E-state index contributed by atoms with van der Waals surface area (Å²) >= 11 is 0. The lowest BCUT2D eigenvalue weighted by Crippen LogP contribution is -2.39. The van der Waals surface area contributed by atoms with Crippen LogP contribution in [0.1, 0.15) is 44.6 Å². The lowest BCUT2D eigenvalue weighted by atomic mass is 9.96. The second-order valence-corrected chi connectivity index (χ2v) is 9.29. The Morgan fingerprint density at radius 2 is 2.17 bits per heavy atom. The molecule has 1 aromatic carbocycles. The molecule has 1 amide bonds. The monoisotopic (exact) mass is 487 g/mol. The summed E-state index contributed by atoms with van der Waals surface area (Å²) in [6.07, 6.45) is 10.2. The van der Waals surface area contributed by atoms with E-state index in [1.54, 1.807) is 30.6 Å². The molecule has 2 N–H and O–H groups in total. The summed E-state index contributed by atoms with van der Waals surface area (Å²) in [5, 5.41) is 26.9. The quantitative estimate of drug-likeness (QED) is 0.454. The van der Waals surface area contributed by atoms with Crippen molar-refractivity contribution in [3.63, 3.8) is 0 Å². The molecule has 0 bridgehead atoms. The molecule has 1 aliphatic heterocycles. The van der Waals surface area contributed by atoms with Crippen LogP contribution in [-0.2, 0) is 4.74 Å². The Morgan fingerprint density at radius 3 is 2.92 bits per heavy atom. The molecule has 2 aliphatic rings. The van der Waals surface area contributed by atoms with Gasteiger partial charge in [0.2, 0.25) is 5.95 Å². The van der Waals surface area contributed by atoms with Crippen LogP contribution in [0, 0.1) is 17.2 Å². The molecule has 0 spiro atoms. The van der Waals surface area contributed by atoms with Gasteiger partial charge in [-0.15, -0.1) is 0 Å².